The van der Waals surface area contributed by atoms with E-state index in [4.69, 9.17) is 0 Å². The number of hydrogen-bond donors (Lipinski definition) is 2. The zero-order valence-electron chi connectivity index (χ0n) is 11.3. The fourth-order valence-corrected chi connectivity index (χ4v) is 2.75. The fraction of sp³-hybridized carbons (Fsp3) is 0.769. The normalized spacial score (nSPS) is 24.7. The Labute approximate surface area is 111 Å². The van der Waals surface area contributed by atoms with Gasteiger partial charge in [0.2, 0.25) is 0 Å². The summed E-state index contributed by atoms with van der Waals surface area (Å²) >= 11 is 0. The molecule has 108 valence electrons. The molecule has 1 aromatic rings. The largest absolute Gasteiger partial charge is 0.391 e. The highest BCUT2D eigenvalue weighted by Crippen LogP contribution is 2.37. The van der Waals surface area contributed by atoms with Gasteiger partial charge >= 0.3 is 6.18 Å². The van der Waals surface area contributed by atoms with E-state index in [2.05, 4.69) is 15.5 Å². The Morgan fingerprint density at radius 3 is 2.63 bits per heavy atom. The lowest BCUT2D eigenvalue weighted by molar-refractivity contribution is -0.183. The first kappa shape index (κ1) is 14.4. The number of aromatic amines is 1. The number of nitrogens with one attached hydrogen (secondary N) is 2. The van der Waals surface area contributed by atoms with Crippen LogP contribution in [0.15, 0.2) is 0 Å². The van der Waals surface area contributed by atoms with Crippen LogP contribution in [0.2, 0.25) is 0 Å². The van der Waals surface area contributed by atoms with E-state index < -0.39 is 12.1 Å². The van der Waals surface area contributed by atoms with E-state index >= 15 is 0 Å². The van der Waals surface area contributed by atoms with Crippen LogP contribution in [0, 0.1) is 19.8 Å². The molecule has 19 heavy (non-hydrogen) atoms. The van der Waals surface area contributed by atoms with E-state index in [1.165, 1.54) is 0 Å². The summed E-state index contributed by atoms with van der Waals surface area (Å²) in [4.78, 5) is 0. The highest BCUT2D eigenvalue weighted by atomic mass is 19.4. The maximum atomic E-state index is 12.7. The molecule has 0 spiro atoms. The van der Waals surface area contributed by atoms with Gasteiger partial charge in [-0.2, -0.15) is 18.3 Å². The number of nitrogens with zero attached hydrogens (tertiary/aromatic N) is 1. The zero-order chi connectivity index (χ0) is 14.0. The van der Waals surface area contributed by atoms with Crippen LogP contribution >= 0.6 is 0 Å². The van der Waals surface area contributed by atoms with Crippen molar-refractivity contribution in [3.8, 4) is 0 Å². The number of alkyl halides is 3. The van der Waals surface area contributed by atoms with Crippen LogP contribution in [0.1, 0.15) is 42.6 Å². The third-order valence-corrected chi connectivity index (χ3v) is 3.99. The highest BCUT2D eigenvalue weighted by Gasteiger charge is 2.41. The van der Waals surface area contributed by atoms with Crippen molar-refractivity contribution in [3.63, 3.8) is 0 Å². The van der Waals surface area contributed by atoms with Gasteiger partial charge in [0.25, 0.3) is 0 Å². The van der Waals surface area contributed by atoms with E-state index in [1.807, 2.05) is 13.8 Å². The molecule has 1 heterocycles. The predicted molar refractivity (Wildman–Crippen MR) is 66.7 cm³/mol. The summed E-state index contributed by atoms with van der Waals surface area (Å²) in [6.07, 6.45) is -2.12. The van der Waals surface area contributed by atoms with Crippen LogP contribution in [-0.4, -0.2) is 22.4 Å². The molecule has 1 fully saturated rings. The summed E-state index contributed by atoms with van der Waals surface area (Å²) in [5.74, 6) is -1.15. The highest BCUT2D eigenvalue weighted by molar-refractivity contribution is 5.22. The molecule has 2 unspecified atom stereocenters. The van der Waals surface area contributed by atoms with Crippen molar-refractivity contribution in [2.24, 2.45) is 5.92 Å². The molecule has 2 N–H and O–H groups in total. The quantitative estimate of drug-likeness (QED) is 0.889. The van der Waals surface area contributed by atoms with Gasteiger partial charge in [0.1, 0.15) is 0 Å². The van der Waals surface area contributed by atoms with E-state index in [1.54, 1.807) is 0 Å². The third-order valence-electron chi connectivity index (χ3n) is 3.99. The van der Waals surface area contributed by atoms with Gasteiger partial charge in [-0.3, -0.25) is 5.10 Å². The zero-order valence-corrected chi connectivity index (χ0v) is 11.3. The van der Waals surface area contributed by atoms with Crippen LogP contribution in [-0.2, 0) is 6.54 Å². The molecule has 0 amide bonds. The van der Waals surface area contributed by atoms with Crippen LogP contribution in [0.25, 0.3) is 0 Å². The van der Waals surface area contributed by atoms with Crippen LogP contribution in [0.4, 0.5) is 13.2 Å². The molecule has 1 saturated carbocycles. The van der Waals surface area contributed by atoms with Gasteiger partial charge in [-0.25, -0.2) is 0 Å². The molecular weight excluding hydrogens is 255 g/mol. The minimum Gasteiger partial charge on any atom is -0.310 e. The summed E-state index contributed by atoms with van der Waals surface area (Å²) in [5, 5.41) is 10.2. The smallest absolute Gasteiger partial charge is 0.310 e. The SMILES string of the molecule is Cc1n[nH]c(C)c1CNC1CCCC(C(F)(F)F)C1. The molecule has 0 aliphatic heterocycles. The van der Waals surface area contributed by atoms with Crippen molar-refractivity contribution in [1.82, 2.24) is 15.5 Å². The Bertz CT molecular complexity index is 406. The number of H-pyrrole nitrogens is 1. The lowest BCUT2D eigenvalue weighted by atomic mass is 9.85. The van der Waals surface area contributed by atoms with Crippen molar-refractivity contribution in [2.75, 3.05) is 0 Å². The molecule has 0 bridgehead atoms. The van der Waals surface area contributed by atoms with E-state index in [-0.39, 0.29) is 18.9 Å². The van der Waals surface area contributed by atoms with Crippen LogP contribution < -0.4 is 5.32 Å². The van der Waals surface area contributed by atoms with Gasteiger partial charge < -0.3 is 5.32 Å². The summed E-state index contributed by atoms with van der Waals surface area (Å²) < 4.78 is 38.1. The number of rotatable bonds is 3. The first-order valence-electron chi connectivity index (χ1n) is 6.68. The Morgan fingerprint density at radius 1 is 1.32 bits per heavy atom. The standard InChI is InChI=1S/C13H20F3N3/c1-8-12(9(2)19-18-8)7-17-11-5-3-4-10(6-11)13(14,15)16/h10-11,17H,3-7H2,1-2H3,(H,18,19). The van der Waals surface area contributed by atoms with Crippen molar-refractivity contribution >= 4 is 0 Å². The Morgan fingerprint density at radius 2 is 2.05 bits per heavy atom. The number of aromatic nitrogens is 2. The summed E-state index contributed by atoms with van der Waals surface area (Å²) in [6, 6.07) is -0.0472. The topological polar surface area (TPSA) is 40.7 Å². The van der Waals surface area contributed by atoms with E-state index in [9.17, 15) is 13.2 Å². The first-order chi connectivity index (χ1) is 8.88. The van der Waals surface area contributed by atoms with E-state index in [0.29, 0.717) is 13.0 Å². The van der Waals surface area contributed by atoms with Gasteiger partial charge in [-0.05, 0) is 33.1 Å². The molecule has 3 nitrogen and oxygen atoms in total. The number of aryl methyl sites for hydroxylation is 2. The Hall–Kier alpha value is -1.04. The maximum absolute atomic E-state index is 12.7. The summed E-state index contributed by atoms with van der Waals surface area (Å²) in [5.41, 5.74) is 2.95. The fourth-order valence-electron chi connectivity index (χ4n) is 2.75. The molecule has 6 heteroatoms. The first-order valence-corrected chi connectivity index (χ1v) is 6.68. The molecule has 0 aromatic carbocycles. The van der Waals surface area contributed by atoms with Crippen molar-refractivity contribution < 1.29 is 13.2 Å². The van der Waals surface area contributed by atoms with Gasteiger partial charge in [-0.1, -0.05) is 6.42 Å². The number of hydrogen-bond acceptors (Lipinski definition) is 2. The minimum atomic E-state index is -4.05. The van der Waals surface area contributed by atoms with Crippen molar-refractivity contribution in [1.29, 1.82) is 0 Å². The molecule has 1 aromatic heterocycles. The van der Waals surface area contributed by atoms with Gasteiger partial charge in [0.05, 0.1) is 11.6 Å². The molecule has 0 radical (unpaired) electrons. The second kappa shape index (κ2) is 5.53. The average Bonchev–Trinajstić information content (AvgIpc) is 2.66. The van der Waals surface area contributed by atoms with E-state index in [0.717, 1.165) is 23.4 Å². The van der Waals surface area contributed by atoms with Crippen molar-refractivity contribution in [2.45, 2.75) is 58.3 Å². The van der Waals surface area contributed by atoms with Gasteiger partial charge in [-0.15, -0.1) is 0 Å². The van der Waals surface area contributed by atoms with Gasteiger partial charge in [0.15, 0.2) is 0 Å². The molecule has 1 aliphatic carbocycles. The molecule has 1 aliphatic rings. The monoisotopic (exact) mass is 275 g/mol. The number of halogens is 3. The molecule has 0 saturated heterocycles. The van der Waals surface area contributed by atoms with Crippen molar-refractivity contribution in [3.05, 3.63) is 17.0 Å². The second-order valence-corrected chi connectivity index (χ2v) is 5.40. The maximum Gasteiger partial charge on any atom is 0.391 e. The Kier molecular flexibility index (Phi) is 4.18. The third kappa shape index (κ3) is 3.49. The lowest BCUT2D eigenvalue weighted by Gasteiger charge is -2.31. The van der Waals surface area contributed by atoms with Gasteiger partial charge in [0, 0.05) is 23.8 Å². The molecule has 2 rings (SSSR count). The molecule has 2 atom stereocenters. The average molecular weight is 275 g/mol. The Balaban J connectivity index is 1.90. The molecular formula is C13H20F3N3. The predicted octanol–water partition coefficient (Wildman–Crippen LogP) is 3.24. The second-order valence-electron chi connectivity index (χ2n) is 5.40. The summed E-state index contributed by atoms with van der Waals surface area (Å²) in [7, 11) is 0. The van der Waals surface area contributed by atoms with Crippen LogP contribution in [0.5, 0.6) is 0 Å². The van der Waals surface area contributed by atoms with Crippen LogP contribution in [0.3, 0.4) is 0 Å². The summed E-state index contributed by atoms with van der Waals surface area (Å²) in [6.45, 7) is 4.42. The lowest BCUT2D eigenvalue weighted by Crippen LogP contribution is -2.38. The minimum absolute atomic E-state index is 0.0472.